The van der Waals surface area contributed by atoms with Crippen LogP contribution in [0.4, 0.5) is 0 Å². The van der Waals surface area contributed by atoms with Gasteiger partial charge in [-0.3, -0.25) is 9.59 Å². The normalized spacial score (nSPS) is 18.2. The number of hydrogen-bond donors (Lipinski definition) is 2. The van der Waals surface area contributed by atoms with Crippen LogP contribution in [0.2, 0.25) is 0 Å². The van der Waals surface area contributed by atoms with E-state index >= 15 is 0 Å². The summed E-state index contributed by atoms with van der Waals surface area (Å²) in [6, 6.07) is 0. The molecule has 0 bridgehead atoms. The SMILES string of the molecule is CCCCCCCCCCCCCCCCCCO[C]1[C](O)CC(C(=O)O)CC1=O. The van der Waals surface area contributed by atoms with Crippen molar-refractivity contribution in [2.24, 2.45) is 5.92 Å². The van der Waals surface area contributed by atoms with Crippen molar-refractivity contribution in [2.45, 2.75) is 122 Å². The van der Waals surface area contributed by atoms with Crippen LogP contribution in [-0.4, -0.2) is 28.6 Å². The van der Waals surface area contributed by atoms with Crippen LogP contribution in [0.25, 0.3) is 0 Å². The van der Waals surface area contributed by atoms with Gasteiger partial charge in [0.25, 0.3) is 0 Å². The molecule has 0 spiro atoms. The average molecular weight is 425 g/mol. The minimum Gasteiger partial charge on any atom is -0.481 e. The summed E-state index contributed by atoms with van der Waals surface area (Å²) in [5.41, 5.74) is 0. The molecule has 1 aliphatic rings. The number of aliphatic carboxylic acids is 1. The second-order valence-corrected chi connectivity index (χ2v) is 8.79. The number of rotatable bonds is 19. The fraction of sp³-hybridized carbons (Fsp3) is 0.840. The van der Waals surface area contributed by atoms with Gasteiger partial charge in [0.1, 0.15) is 6.10 Å². The lowest BCUT2D eigenvalue weighted by molar-refractivity contribution is -0.147. The highest BCUT2D eigenvalue weighted by Gasteiger charge is 2.41. The molecule has 1 rings (SSSR count). The van der Waals surface area contributed by atoms with E-state index in [2.05, 4.69) is 6.92 Å². The third kappa shape index (κ3) is 12.7. The van der Waals surface area contributed by atoms with Crippen LogP contribution in [0.5, 0.6) is 0 Å². The minimum absolute atomic E-state index is 0.0185. The minimum atomic E-state index is -1.05. The second kappa shape index (κ2) is 17.7. The Hall–Kier alpha value is -0.940. The molecular weight excluding hydrogens is 380 g/mol. The van der Waals surface area contributed by atoms with Crippen molar-refractivity contribution in [3.63, 3.8) is 0 Å². The number of Topliss-reactive ketones (excluding diaryl/α,β-unsaturated/α-hetero) is 1. The van der Waals surface area contributed by atoms with Gasteiger partial charge < -0.3 is 14.9 Å². The summed E-state index contributed by atoms with van der Waals surface area (Å²) in [7, 11) is 0. The molecule has 1 unspecified atom stereocenters. The Morgan fingerprint density at radius 3 is 1.63 bits per heavy atom. The monoisotopic (exact) mass is 424 g/mol. The summed E-state index contributed by atoms with van der Waals surface area (Å²) in [4.78, 5) is 22.9. The maximum atomic E-state index is 11.9. The Balaban J connectivity index is 1.85. The predicted octanol–water partition coefficient (Wildman–Crippen LogP) is 6.76. The number of hydrogen-bond acceptors (Lipinski definition) is 4. The van der Waals surface area contributed by atoms with Gasteiger partial charge in [0.05, 0.1) is 5.92 Å². The van der Waals surface area contributed by atoms with Gasteiger partial charge in [0.15, 0.2) is 11.9 Å². The van der Waals surface area contributed by atoms with Crippen LogP contribution >= 0.6 is 0 Å². The van der Waals surface area contributed by atoms with Gasteiger partial charge in [-0.15, -0.1) is 0 Å². The first kappa shape index (κ1) is 27.1. The molecular formula is C25H44O5. The first-order chi connectivity index (χ1) is 14.6. The first-order valence-corrected chi connectivity index (χ1v) is 12.4. The van der Waals surface area contributed by atoms with E-state index in [1.54, 1.807) is 0 Å². The lowest BCUT2D eigenvalue weighted by atomic mass is 9.84. The molecule has 5 heteroatoms. The van der Waals surface area contributed by atoms with Gasteiger partial charge in [0.2, 0.25) is 0 Å². The molecule has 0 saturated heterocycles. The smallest absolute Gasteiger partial charge is 0.307 e. The van der Waals surface area contributed by atoms with E-state index in [-0.39, 0.29) is 25.0 Å². The van der Waals surface area contributed by atoms with Crippen molar-refractivity contribution in [2.75, 3.05) is 6.61 Å². The number of ketones is 1. The number of carbonyl (C=O) groups is 2. The second-order valence-electron chi connectivity index (χ2n) is 8.79. The average Bonchev–Trinajstić information content (AvgIpc) is 2.71. The van der Waals surface area contributed by atoms with Gasteiger partial charge in [-0.1, -0.05) is 103 Å². The Labute approximate surface area is 184 Å². The highest BCUT2D eigenvalue weighted by molar-refractivity contribution is 5.96. The highest BCUT2D eigenvalue weighted by atomic mass is 16.5. The van der Waals surface area contributed by atoms with Crippen molar-refractivity contribution in [3.05, 3.63) is 12.2 Å². The number of aliphatic hydroxyl groups is 1. The molecule has 174 valence electrons. The predicted molar refractivity (Wildman–Crippen MR) is 119 cm³/mol. The van der Waals surface area contributed by atoms with Crippen molar-refractivity contribution in [1.82, 2.24) is 0 Å². The lowest BCUT2D eigenvalue weighted by Crippen LogP contribution is -2.35. The van der Waals surface area contributed by atoms with Crippen LogP contribution < -0.4 is 0 Å². The van der Waals surface area contributed by atoms with E-state index in [0.717, 1.165) is 12.8 Å². The summed E-state index contributed by atoms with van der Waals surface area (Å²) in [6.07, 6.45) is 20.5. The molecule has 2 radical (unpaired) electrons. The zero-order chi connectivity index (χ0) is 22.0. The van der Waals surface area contributed by atoms with Gasteiger partial charge >= 0.3 is 5.97 Å². The maximum Gasteiger partial charge on any atom is 0.307 e. The maximum absolute atomic E-state index is 11.9. The molecule has 0 aliphatic heterocycles. The fourth-order valence-corrected chi connectivity index (χ4v) is 4.04. The van der Waals surface area contributed by atoms with Gasteiger partial charge in [-0.2, -0.15) is 0 Å². The summed E-state index contributed by atoms with van der Waals surface area (Å²) in [6.45, 7) is 2.67. The highest BCUT2D eigenvalue weighted by Crippen LogP contribution is 2.34. The van der Waals surface area contributed by atoms with E-state index in [9.17, 15) is 14.7 Å². The van der Waals surface area contributed by atoms with Crippen molar-refractivity contribution < 1.29 is 24.5 Å². The van der Waals surface area contributed by atoms with Crippen LogP contribution in [-0.2, 0) is 14.3 Å². The Morgan fingerprint density at radius 2 is 1.23 bits per heavy atom. The number of unbranched alkanes of at least 4 members (excludes halogenated alkanes) is 15. The van der Waals surface area contributed by atoms with Crippen LogP contribution in [0, 0.1) is 18.1 Å². The number of aliphatic hydroxyl groups excluding tert-OH is 1. The van der Waals surface area contributed by atoms with E-state index in [0.29, 0.717) is 6.61 Å². The molecule has 30 heavy (non-hydrogen) atoms. The summed E-state index contributed by atoms with van der Waals surface area (Å²) in [5.74, 6) is -2.28. The molecule has 1 fully saturated rings. The topological polar surface area (TPSA) is 83.8 Å². The molecule has 1 saturated carbocycles. The third-order valence-corrected chi connectivity index (χ3v) is 5.98. The molecule has 0 heterocycles. The van der Waals surface area contributed by atoms with E-state index < -0.39 is 17.7 Å². The lowest BCUT2D eigenvalue weighted by Gasteiger charge is -2.27. The Morgan fingerprint density at radius 1 is 0.800 bits per heavy atom. The zero-order valence-electron chi connectivity index (χ0n) is 19.1. The van der Waals surface area contributed by atoms with Crippen LogP contribution in [0.3, 0.4) is 0 Å². The van der Waals surface area contributed by atoms with Gasteiger partial charge in [-0.05, 0) is 12.8 Å². The molecule has 1 atom stereocenters. The van der Waals surface area contributed by atoms with E-state index in [4.69, 9.17) is 9.84 Å². The third-order valence-electron chi connectivity index (χ3n) is 5.98. The number of ether oxygens (including phenoxy) is 1. The number of carboxylic acids is 1. The van der Waals surface area contributed by atoms with Crippen molar-refractivity contribution >= 4 is 11.8 Å². The molecule has 0 amide bonds. The summed E-state index contributed by atoms with van der Waals surface area (Å²) in [5, 5.41) is 18.8. The Bertz CT molecular complexity index is 451. The van der Waals surface area contributed by atoms with Gasteiger partial charge in [-0.25, -0.2) is 0 Å². The van der Waals surface area contributed by atoms with Crippen LogP contribution in [0.1, 0.15) is 122 Å². The molecule has 0 aromatic heterocycles. The van der Waals surface area contributed by atoms with Crippen LogP contribution in [0.15, 0.2) is 0 Å². The van der Waals surface area contributed by atoms with E-state index in [1.165, 1.54) is 89.9 Å². The quantitative estimate of drug-likeness (QED) is 0.224. The Kier molecular flexibility index (Phi) is 16.0. The van der Waals surface area contributed by atoms with Crippen molar-refractivity contribution in [1.29, 1.82) is 0 Å². The molecule has 1 aliphatic carbocycles. The number of carboxylic acid groups (broad SMARTS) is 1. The van der Waals surface area contributed by atoms with Crippen molar-refractivity contribution in [3.8, 4) is 0 Å². The molecule has 2 N–H and O–H groups in total. The van der Waals surface area contributed by atoms with Gasteiger partial charge in [0, 0.05) is 13.0 Å². The first-order valence-electron chi connectivity index (χ1n) is 12.4. The largest absolute Gasteiger partial charge is 0.481 e. The molecule has 0 aromatic rings. The summed E-state index contributed by atoms with van der Waals surface area (Å²) >= 11 is 0. The zero-order valence-corrected chi connectivity index (χ0v) is 19.1. The number of carbonyl (C=O) groups excluding carboxylic acids is 1. The fourth-order valence-electron chi connectivity index (χ4n) is 4.04. The summed E-state index contributed by atoms with van der Waals surface area (Å²) < 4.78 is 5.44. The van der Waals surface area contributed by atoms with E-state index in [1.807, 2.05) is 0 Å². The molecule has 0 aromatic carbocycles. The standard InChI is InChI=1S/C25H44O5/c1-2-3-4-5-6-7-8-9-10-11-12-13-14-15-16-17-18-30-24-22(26)19-21(25(28)29)20-23(24)27/h21,26H,2-20H2,1H3,(H,28,29). The molecule has 5 nitrogen and oxygen atoms in total.